The normalized spacial score (nSPS) is 11.7. The average Bonchev–Trinajstić information content (AvgIpc) is 2.70. The fourth-order valence-corrected chi connectivity index (χ4v) is 2.60. The molecule has 7 heteroatoms. The maximum atomic E-state index is 12.7. The molecule has 2 amide bonds. The lowest BCUT2D eigenvalue weighted by Crippen LogP contribution is -2.51. The van der Waals surface area contributed by atoms with E-state index in [1.165, 1.54) is 0 Å². The first-order chi connectivity index (χ1) is 13.1. The van der Waals surface area contributed by atoms with Gasteiger partial charge in [0.15, 0.2) is 0 Å². The van der Waals surface area contributed by atoms with Crippen molar-refractivity contribution in [1.82, 2.24) is 10.2 Å². The molecule has 0 unspecified atom stereocenters. The van der Waals surface area contributed by atoms with E-state index in [9.17, 15) is 14.7 Å². The molecular weight excluding hydrogens is 348 g/mol. The van der Waals surface area contributed by atoms with Crippen LogP contribution in [-0.4, -0.2) is 61.5 Å². The molecule has 0 spiro atoms. The highest BCUT2D eigenvalue weighted by molar-refractivity contribution is 5.85. The number of hydrogen-bond acceptors (Lipinski definition) is 5. The van der Waals surface area contributed by atoms with Crippen molar-refractivity contribution in [3.05, 3.63) is 35.9 Å². The molecule has 0 heterocycles. The van der Waals surface area contributed by atoms with E-state index in [0.29, 0.717) is 26.1 Å². The minimum absolute atomic E-state index is 0.104. The van der Waals surface area contributed by atoms with Crippen molar-refractivity contribution in [1.29, 1.82) is 0 Å². The molecule has 1 aromatic carbocycles. The predicted molar refractivity (Wildman–Crippen MR) is 103 cm³/mol. The Balaban J connectivity index is 2.56. The molecule has 152 valence electrons. The van der Waals surface area contributed by atoms with Gasteiger partial charge in [-0.1, -0.05) is 50.1 Å². The first kappa shape index (κ1) is 22.9. The SMILES string of the molecule is CCCCCN(CCCOC)C(=O)[C@H](CO)NC(=O)OCc1ccccc1. The van der Waals surface area contributed by atoms with Gasteiger partial charge in [0.2, 0.25) is 5.91 Å². The second-order valence-corrected chi connectivity index (χ2v) is 6.32. The van der Waals surface area contributed by atoms with Crippen molar-refractivity contribution in [2.24, 2.45) is 0 Å². The van der Waals surface area contributed by atoms with Gasteiger partial charge in [-0.15, -0.1) is 0 Å². The van der Waals surface area contributed by atoms with Crippen molar-refractivity contribution in [2.75, 3.05) is 33.4 Å². The monoisotopic (exact) mass is 380 g/mol. The minimum atomic E-state index is -1.02. The fraction of sp³-hybridized carbons (Fsp3) is 0.600. The molecule has 0 aliphatic rings. The Morgan fingerprint density at radius 2 is 1.85 bits per heavy atom. The molecule has 0 aliphatic carbocycles. The average molecular weight is 380 g/mol. The van der Waals surface area contributed by atoms with Gasteiger partial charge in [-0.05, 0) is 18.4 Å². The summed E-state index contributed by atoms with van der Waals surface area (Å²) < 4.78 is 10.2. The number of carbonyl (C=O) groups excluding carboxylic acids is 2. The van der Waals surface area contributed by atoms with E-state index in [-0.39, 0.29) is 12.5 Å². The smallest absolute Gasteiger partial charge is 0.408 e. The van der Waals surface area contributed by atoms with Gasteiger partial charge in [0.05, 0.1) is 6.61 Å². The standard InChI is InChI=1S/C20H32N2O5/c1-3-4-8-12-22(13-9-14-26-2)19(24)18(15-23)21-20(25)27-16-17-10-6-5-7-11-17/h5-7,10-11,18,23H,3-4,8-9,12-16H2,1-2H3,(H,21,25)/t18-/m0/s1. The molecule has 0 radical (unpaired) electrons. The van der Waals surface area contributed by atoms with E-state index in [0.717, 1.165) is 24.8 Å². The molecule has 1 rings (SSSR count). The molecule has 0 aliphatic heterocycles. The molecule has 7 nitrogen and oxygen atoms in total. The summed E-state index contributed by atoms with van der Waals surface area (Å²) in [6, 6.07) is 8.24. The van der Waals surface area contributed by atoms with E-state index in [1.807, 2.05) is 30.3 Å². The number of nitrogens with one attached hydrogen (secondary N) is 1. The zero-order valence-electron chi connectivity index (χ0n) is 16.4. The fourth-order valence-electron chi connectivity index (χ4n) is 2.60. The zero-order valence-corrected chi connectivity index (χ0v) is 16.4. The molecule has 27 heavy (non-hydrogen) atoms. The van der Waals surface area contributed by atoms with Crippen LogP contribution < -0.4 is 5.32 Å². The van der Waals surface area contributed by atoms with Gasteiger partial charge in [-0.2, -0.15) is 0 Å². The summed E-state index contributed by atoms with van der Waals surface area (Å²) in [5.41, 5.74) is 0.847. The van der Waals surface area contributed by atoms with Gasteiger partial charge in [0.1, 0.15) is 12.6 Å². The van der Waals surface area contributed by atoms with Crippen LogP contribution in [0.15, 0.2) is 30.3 Å². The first-order valence-corrected chi connectivity index (χ1v) is 9.48. The summed E-state index contributed by atoms with van der Waals surface area (Å²) >= 11 is 0. The number of ether oxygens (including phenoxy) is 2. The number of benzene rings is 1. The summed E-state index contributed by atoms with van der Waals surface area (Å²) in [5, 5.41) is 12.0. The Hall–Kier alpha value is -2.12. The van der Waals surface area contributed by atoms with Crippen LogP contribution in [-0.2, 0) is 20.9 Å². The van der Waals surface area contributed by atoms with Crippen molar-refractivity contribution in [2.45, 2.75) is 45.3 Å². The van der Waals surface area contributed by atoms with Gasteiger partial charge < -0.3 is 24.8 Å². The van der Waals surface area contributed by atoms with E-state index in [4.69, 9.17) is 9.47 Å². The molecule has 0 fully saturated rings. The van der Waals surface area contributed by atoms with E-state index in [1.54, 1.807) is 12.0 Å². The Bertz CT molecular complexity index is 528. The topological polar surface area (TPSA) is 88.1 Å². The number of alkyl carbamates (subject to hydrolysis) is 1. The van der Waals surface area contributed by atoms with Crippen LogP contribution in [0.25, 0.3) is 0 Å². The van der Waals surface area contributed by atoms with Gasteiger partial charge >= 0.3 is 6.09 Å². The highest BCUT2D eigenvalue weighted by Gasteiger charge is 2.25. The Labute approximate surface area is 161 Å². The number of carbonyl (C=O) groups is 2. The van der Waals surface area contributed by atoms with Crippen LogP contribution >= 0.6 is 0 Å². The summed E-state index contributed by atoms with van der Waals surface area (Å²) in [6.07, 6.45) is 2.92. The third-order valence-corrected chi connectivity index (χ3v) is 4.11. The summed E-state index contributed by atoms with van der Waals surface area (Å²) in [6.45, 7) is 3.38. The molecule has 1 aromatic rings. The molecule has 0 saturated carbocycles. The third-order valence-electron chi connectivity index (χ3n) is 4.11. The molecule has 0 aromatic heterocycles. The molecule has 2 N–H and O–H groups in total. The largest absolute Gasteiger partial charge is 0.445 e. The molecule has 0 bridgehead atoms. The van der Waals surface area contributed by atoms with Crippen LogP contribution in [0.2, 0.25) is 0 Å². The maximum absolute atomic E-state index is 12.7. The number of rotatable bonds is 13. The quantitative estimate of drug-likeness (QED) is 0.513. The van der Waals surface area contributed by atoms with E-state index in [2.05, 4.69) is 12.2 Å². The number of aliphatic hydroxyl groups excluding tert-OH is 1. The number of aliphatic hydroxyl groups is 1. The Morgan fingerprint density at radius 1 is 1.15 bits per heavy atom. The van der Waals surface area contributed by atoms with Gasteiger partial charge in [0.25, 0.3) is 0 Å². The van der Waals surface area contributed by atoms with Crippen LogP contribution in [0, 0.1) is 0 Å². The Morgan fingerprint density at radius 3 is 2.48 bits per heavy atom. The highest BCUT2D eigenvalue weighted by atomic mass is 16.5. The summed E-state index contributed by atoms with van der Waals surface area (Å²) in [7, 11) is 1.62. The first-order valence-electron chi connectivity index (χ1n) is 9.48. The molecule has 0 saturated heterocycles. The van der Waals surface area contributed by atoms with Gasteiger partial charge in [-0.25, -0.2) is 4.79 Å². The number of hydrogen-bond donors (Lipinski definition) is 2. The van der Waals surface area contributed by atoms with Crippen molar-refractivity contribution in [3.63, 3.8) is 0 Å². The van der Waals surface area contributed by atoms with Crippen LogP contribution in [0.4, 0.5) is 4.79 Å². The lowest BCUT2D eigenvalue weighted by molar-refractivity contribution is -0.134. The van der Waals surface area contributed by atoms with Crippen molar-refractivity contribution in [3.8, 4) is 0 Å². The van der Waals surface area contributed by atoms with Crippen LogP contribution in [0.3, 0.4) is 0 Å². The van der Waals surface area contributed by atoms with Crippen LogP contribution in [0.1, 0.15) is 38.2 Å². The lowest BCUT2D eigenvalue weighted by atomic mass is 10.2. The zero-order chi connectivity index (χ0) is 19.9. The highest BCUT2D eigenvalue weighted by Crippen LogP contribution is 2.05. The van der Waals surface area contributed by atoms with Gasteiger partial charge in [0, 0.05) is 26.8 Å². The van der Waals surface area contributed by atoms with Crippen LogP contribution in [0.5, 0.6) is 0 Å². The third kappa shape index (κ3) is 9.40. The second-order valence-electron chi connectivity index (χ2n) is 6.32. The number of unbranched alkanes of at least 4 members (excludes halogenated alkanes) is 2. The maximum Gasteiger partial charge on any atom is 0.408 e. The number of nitrogens with zero attached hydrogens (tertiary/aromatic N) is 1. The predicted octanol–water partition coefficient (Wildman–Crippen LogP) is 2.33. The summed E-state index contributed by atoms with van der Waals surface area (Å²) in [5.74, 6) is -0.304. The second kappa shape index (κ2) is 14.0. The lowest BCUT2D eigenvalue weighted by Gasteiger charge is -2.27. The minimum Gasteiger partial charge on any atom is -0.445 e. The number of amides is 2. The Kier molecular flexibility index (Phi) is 11.9. The van der Waals surface area contributed by atoms with E-state index < -0.39 is 18.7 Å². The van der Waals surface area contributed by atoms with Gasteiger partial charge in [-0.3, -0.25) is 4.79 Å². The molecule has 1 atom stereocenters. The summed E-state index contributed by atoms with van der Waals surface area (Å²) in [4.78, 5) is 26.4. The number of methoxy groups -OCH3 is 1. The van der Waals surface area contributed by atoms with Crippen molar-refractivity contribution >= 4 is 12.0 Å². The molecular formula is C20H32N2O5. The van der Waals surface area contributed by atoms with E-state index >= 15 is 0 Å². The van der Waals surface area contributed by atoms with Crippen molar-refractivity contribution < 1.29 is 24.2 Å².